The lowest BCUT2D eigenvalue weighted by atomic mass is 10.2. The van der Waals surface area contributed by atoms with Gasteiger partial charge >= 0.3 is 16.6 Å². The van der Waals surface area contributed by atoms with Gasteiger partial charge in [-0.25, -0.2) is 0 Å². The van der Waals surface area contributed by atoms with E-state index in [1.807, 2.05) is 0 Å². The molecule has 4 nitrogen and oxygen atoms in total. The Hall–Kier alpha value is -0.900. The van der Waals surface area contributed by atoms with Gasteiger partial charge in [-0.15, -0.1) is 0 Å². The van der Waals surface area contributed by atoms with E-state index in [2.05, 4.69) is 20.7 Å². The van der Waals surface area contributed by atoms with Crippen molar-refractivity contribution in [2.75, 3.05) is 0 Å². The van der Waals surface area contributed by atoms with Crippen LogP contribution in [0.4, 0.5) is 23.2 Å². The molecule has 0 aromatic heterocycles. The minimum atomic E-state index is -4.95. The van der Waals surface area contributed by atoms with E-state index in [0.717, 1.165) is 6.07 Å². The van der Waals surface area contributed by atoms with E-state index in [0.29, 0.717) is 5.56 Å². The van der Waals surface area contributed by atoms with Gasteiger partial charge < -0.3 is 4.74 Å². The summed E-state index contributed by atoms with van der Waals surface area (Å²) in [6.07, 6.45) is -4.95. The Morgan fingerprint density at radius 2 is 1.84 bits per heavy atom. The van der Waals surface area contributed by atoms with E-state index in [1.165, 1.54) is 28.9 Å². The molecular weight excluding hydrogens is 406 g/mol. The van der Waals surface area contributed by atoms with E-state index in [1.54, 1.807) is 0 Å². The maximum Gasteiger partial charge on any atom is 0.475 e. The van der Waals surface area contributed by atoms with Crippen LogP contribution in [-0.4, -0.2) is 15.9 Å². The summed E-state index contributed by atoms with van der Waals surface area (Å²) in [5.41, 5.74) is -0.469. The number of aryl methyl sites for hydroxylation is 1. The molecule has 0 saturated carbocycles. The number of nitro benzene ring substituents is 1. The van der Waals surface area contributed by atoms with Crippen LogP contribution in [0.15, 0.2) is 16.6 Å². The second-order valence-electron chi connectivity index (χ2n) is 3.47. The van der Waals surface area contributed by atoms with Crippen LogP contribution in [0, 0.1) is 17.0 Å². The first-order valence-corrected chi connectivity index (χ1v) is 6.12. The molecule has 0 N–H and O–H groups in total. The predicted molar refractivity (Wildman–Crippen MR) is 65.0 cm³/mol. The molecule has 0 radical (unpaired) electrons. The highest BCUT2D eigenvalue weighted by atomic mass is 79.9. The molecular formula is C9H5Br2F4NO3. The minimum absolute atomic E-state index is 0.226. The number of alkyl halides is 5. The zero-order chi connectivity index (χ0) is 15.0. The molecule has 1 rings (SSSR count). The Morgan fingerprint density at radius 3 is 2.26 bits per heavy atom. The summed E-state index contributed by atoms with van der Waals surface area (Å²) in [5.74, 6) is -0.972. The van der Waals surface area contributed by atoms with Crippen molar-refractivity contribution < 1.29 is 27.2 Å². The van der Waals surface area contributed by atoms with Crippen molar-refractivity contribution in [3.63, 3.8) is 0 Å². The Labute approximate surface area is 121 Å². The van der Waals surface area contributed by atoms with Gasteiger partial charge in [0.1, 0.15) is 0 Å². The van der Waals surface area contributed by atoms with Crippen molar-refractivity contribution in [3.8, 4) is 5.75 Å². The predicted octanol–water partition coefficient (Wildman–Crippen LogP) is 4.63. The first kappa shape index (κ1) is 16.2. The van der Waals surface area contributed by atoms with E-state index in [-0.39, 0.29) is 4.47 Å². The van der Waals surface area contributed by atoms with Gasteiger partial charge in [0.2, 0.25) is 5.75 Å². The average Bonchev–Trinajstić information content (AvgIpc) is 2.19. The van der Waals surface area contributed by atoms with Gasteiger partial charge in [0.15, 0.2) is 0 Å². The first-order valence-electron chi connectivity index (χ1n) is 4.54. The maximum atomic E-state index is 13.1. The highest BCUT2D eigenvalue weighted by molar-refractivity contribution is 9.10. The lowest BCUT2D eigenvalue weighted by Crippen LogP contribution is -2.40. The number of benzene rings is 1. The molecule has 0 aliphatic heterocycles. The summed E-state index contributed by atoms with van der Waals surface area (Å²) in [5, 5.41) is 10.7. The molecule has 0 heterocycles. The number of rotatable bonds is 4. The molecule has 0 saturated heterocycles. The van der Waals surface area contributed by atoms with Crippen molar-refractivity contribution in [3.05, 3.63) is 32.3 Å². The van der Waals surface area contributed by atoms with Crippen LogP contribution in [0.1, 0.15) is 5.56 Å². The smallest absolute Gasteiger partial charge is 0.419 e. The molecule has 0 unspecified atom stereocenters. The fourth-order valence-electron chi connectivity index (χ4n) is 1.13. The molecule has 106 valence electrons. The van der Waals surface area contributed by atoms with Crippen molar-refractivity contribution in [2.24, 2.45) is 0 Å². The Morgan fingerprint density at radius 1 is 1.32 bits per heavy atom. The van der Waals surface area contributed by atoms with E-state index in [4.69, 9.17) is 0 Å². The molecule has 0 fully saturated rings. The van der Waals surface area contributed by atoms with E-state index in [9.17, 15) is 27.7 Å². The van der Waals surface area contributed by atoms with Gasteiger partial charge in [0, 0.05) is 22.0 Å². The topological polar surface area (TPSA) is 52.4 Å². The first-order chi connectivity index (χ1) is 8.45. The molecule has 10 heteroatoms. The molecule has 1 aromatic rings. The zero-order valence-corrected chi connectivity index (χ0v) is 12.3. The fourth-order valence-corrected chi connectivity index (χ4v) is 1.86. The van der Waals surface area contributed by atoms with Crippen molar-refractivity contribution in [2.45, 2.75) is 17.9 Å². The Bertz CT molecular complexity index is 519. The van der Waals surface area contributed by atoms with Gasteiger partial charge in [0.25, 0.3) is 0 Å². The summed E-state index contributed by atoms with van der Waals surface area (Å²) in [6.45, 7) is 1.47. The van der Waals surface area contributed by atoms with Crippen LogP contribution in [0.2, 0.25) is 0 Å². The number of hydrogen-bond donors (Lipinski definition) is 0. The Kier molecular flexibility index (Phi) is 4.45. The largest absolute Gasteiger partial charge is 0.475 e. The maximum absolute atomic E-state index is 13.1. The van der Waals surface area contributed by atoms with Crippen LogP contribution in [0.5, 0.6) is 5.75 Å². The quantitative estimate of drug-likeness (QED) is 0.315. The molecule has 0 amide bonds. The van der Waals surface area contributed by atoms with Crippen LogP contribution in [0.25, 0.3) is 0 Å². The van der Waals surface area contributed by atoms with Crippen LogP contribution < -0.4 is 4.74 Å². The number of nitrogens with zero attached hydrogens (tertiary/aromatic N) is 1. The minimum Gasteiger partial charge on any atom is -0.419 e. The lowest BCUT2D eigenvalue weighted by molar-refractivity contribution is -0.388. The van der Waals surface area contributed by atoms with Gasteiger partial charge in [0.05, 0.1) is 9.40 Å². The van der Waals surface area contributed by atoms with Crippen LogP contribution >= 0.6 is 31.9 Å². The molecule has 0 aliphatic rings. The third kappa shape index (κ3) is 3.56. The van der Waals surface area contributed by atoms with Gasteiger partial charge in [-0.2, -0.15) is 17.6 Å². The van der Waals surface area contributed by atoms with Gasteiger partial charge in [-0.05, 0) is 34.5 Å². The molecule has 19 heavy (non-hydrogen) atoms. The van der Waals surface area contributed by atoms with E-state index < -0.39 is 27.3 Å². The van der Waals surface area contributed by atoms with Gasteiger partial charge in [-0.3, -0.25) is 10.1 Å². The number of hydrogen-bond acceptors (Lipinski definition) is 3. The molecule has 0 bridgehead atoms. The molecule has 0 aliphatic carbocycles. The second-order valence-corrected chi connectivity index (χ2v) is 5.32. The summed E-state index contributed by atoms with van der Waals surface area (Å²) in [6, 6.07) is 2.16. The van der Waals surface area contributed by atoms with Crippen molar-refractivity contribution in [1.29, 1.82) is 0 Å². The van der Waals surface area contributed by atoms with Crippen molar-refractivity contribution in [1.82, 2.24) is 0 Å². The molecule has 1 aromatic carbocycles. The zero-order valence-electron chi connectivity index (χ0n) is 9.09. The fraction of sp³-hybridized carbons (Fsp3) is 0.333. The summed E-state index contributed by atoms with van der Waals surface area (Å²) in [4.78, 5) is 5.05. The molecule has 0 atom stereocenters. The standard InChI is InChI=1S/C9H5Br2F4NO3/c1-4-2-5(10)7(6(3-4)16(17)18)19-9(14,15)8(11,12)13/h2-3H,1H3. The normalized spacial score (nSPS) is 12.4. The number of nitro groups is 1. The number of halogens is 6. The highest BCUT2D eigenvalue weighted by Crippen LogP contribution is 2.45. The highest BCUT2D eigenvalue weighted by Gasteiger charge is 2.58. The van der Waals surface area contributed by atoms with E-state index >= 15 is 0 Å². The van der Waals surface area contributed by atoms with Crippen molar-refractivity contribution >= 4 is 37.5 Å². The SMILES string of the molecule is Cc1cc(Br)c(OC(F)(F)C(F)(F)Br)c([N+](=O)[O-])c1. The third-order valence-corrected chi connectivity index (χ3v) is 2.98. The second kappa shape index (κ2) is 5.23. The van der Waals surface area contributed by atoms with Gasteiger partial charge in [-0.1, -0.05) is 0 Å². The summed E-state index contributed by atoms with van der Waals surface area (Å²) in [7, 11) is 0. The average molecular weight is 411 g/mol. The molecule has 0 spiro atoms. The number of ether oxygens (including phenoxy) is 1. The Balaban J connectivity index is 3.32. The summed E-state index contributed by atoms with van der Waals surface area (Å²) >= 11 is 4.23. The van der Waals surface area contributed by atoms with Crippen LogP contribution in [-0.2, 0) is 0 Å². The summed E-state index contributed by atoms with van der Waals surface area (Å²) < 4.78 is 54.9. The monoisotopic (exact) mass is 409 g/mol. The van der Waals surface area contributed by atoms with Crippen LogP contribution in [0.3, 0.4) is 0 Å². The lowest BCUT2D eigenvalue weighted by Gasteiger charge is -2.22. The third-order valence-electron chi connectivity index (χ3n) is 1.93.